The highest BCUT2D eigenvalue weighted by Crippen LogP contribution is 2.46. The van der Waals surface area contributed by atoms with Crippen molar-refractivity contribution in [3.05, 3.63) is 188 Å². The van der Waals surface area contributed by atoms with Gasteiger partial charge in [-0.1, -0.05) is 158 Å². The first-order chi connectivity index (χ1) is 25.3. The number of hydrogen-bond donors (Lipinski definition) is 0. The van der Waals surface area contributed by atoms with Crippen LogP contribution in [0.3, 0.4) is 0 Å². The molecular weight excluding hydrogens is 615 g/mol. The summed E-state index contributed by atoms with van der Waals surface area (Å²) in [5, 5.41) is 15.3. The van der Waals surface area contributed by atoms with Crippen molar-refractivity contribution in [2.24, 2.45) is 0 Å². The minimum atomic E-state index is 1.16. The third-order valence-corrected chi connectivity index (χ3v) is 10.9. The van der Waals surface area contributed by atoms with E-state index in [1.165, 1.54) is 97.9 Å². The lowest BCUT2D eigenvalue weighted by Crippen LogP contribution is -1.94. The van der Waals surface area contributed by atoms with Crippen LogP contribution in [0.2, 0.25) is 0 Å². The lowest BCUT2D eigenvalue weighted by molar-refractivity contribution is 1.18. The Balaban J connectivity index is 1.26. The maximum Gasteiger partial charge on any atom is 0.0553 e. The average molecular weight is 646 g/mol. The summed E-state index contributed by atoms with van der Waals surface area (Å²) in [6.45, 7) is 0. The number of benzene rings is 10. The van der Waals surface area contributed by atoms with Crippen molar-refractivity contribution < 1.29 is 0 Å². The zero-order valence-electron chi connectivity index (χ0n) is 27.8. The zero-order chi connectivity index (χ0) is 33.5. The van der Waals surface area contributed by atoms with Crippen molar-refractivity contribution >= 4 is 75.7 Å². The molecule has 0 amide bonds. The van der Waals surface area contributed by atoms with E-state index in [1.54, 1.807) is 0 Å². The molecule has 0 saturated carbocycles. The van der Waals surface area contributed by atoms with Crippen LogP contribution >= 0.6 is 0 Å². The van der Waals surface area contributed by atoms with Gasteiger partial charge in [-0.2, -0.15) is 0 Å². The van der Waals surface area contributed by atoms with Crippen molar-refractivity contribution in [2.75, 3.05) is 0 Å². The van der Waals surface area contributed by atoms with Crippen LogP contribution in [0.5, 0.6) is 0 Å². The molecule has 51 heavy (non-hydrogen) atoms. The second-order valence-corrected chi connectivity index (χ2v) is 13.6. The lowest BCUT2D eigenvalue weighted by atomic mass is 9.87. The third kappa shape index (κ3) is 4.09. The summed E-state index contributed by atoms with van der Waals surface area (Å²) >= 11 is 0. The Hall–Kier alpha value is -6.70. The summed E-state index contributed by atoms with van der Waals surface area (Å²) in [4.78, 5) is 0. The van der Waals surface area contributed by atoms with Gasteiger partial charge in [-0.25, -0.2) is 0 Å². The third-order valence-electron chi connectivity index (χ3n) is 10.9. The van der Waals surface area contributed by atoms with E-state index in [1.807, 2.05) is 0 Å². The molecule has 0 atom stereocenters. The van der Waals surface area contributed by atoms with E-state index in [4.69, 9.17) is 0 Å². The number of aromatic nitrogens is 1. The standard InChI is InChI=1S/C50H31N/c1-2-16-34(17-3-1)51-47-29-28-32-14-4-7-19-36(32)49(47)50-44-23-11-10-22-43(44)46(31-48(50)51)42-27-13-24-38-39(42)25-12-26-41(38)45-30-33-15-5-6-18-35(33)37-20-8-9-21-40(37)45/h1-31H. The number of rotatable bonds is 3. The number of nitrogens with zero attached hydrogens (tertiary/aromatic N) is 1. The molecule has 0 aliphatic carbocycles. The topological polar surface area (TPSA) is 4.93 Å². The van der Waals surface area contributed by atoms with Crippen molar-refractivity contribution in [1.29, 1.82) is 0 Å². The minimum absolute atomic E-state index is 1.16. The van der Waals surface area contributed by atoms with Gasteiger partial charge in [-0.15, -0.1) is 0 Å². The normalized spacial score (nSPS) is 11.9. The number of fused-ring (bicyclic) bond motifs is 11. The van der Waals surface area contributed by atoms with Crippen LogP contribution < -0.4 is 0 Å². The molecule has 0 saturated heterocycles. The molecule has 10 aromatic carbocycles. The van der Waals surface area contributed by atoms with Crippen molar-refractivity contribution in [3.8, 4) is 27.9 Å². The fourth-order valence-corrected chi connectivity index (χ4v) is 8.77. The molecule has 0 radical (unpaired) electrons. The van der Waals surface area contributed by atoms with Crippen LogP contribution in [-0.2, 0) is 0 Å². The van der Waals surface area contributed by atoms with Gasteiger partial charge in [0.2, 0.25) is 0 Å². The molecular formula is C50H31N. The van der Waals surface area contributed by atoms with E-state index in [9.17, 15) is 0 Å². The fourth-order valence-electron chi connectivity index (χ4n) is 8.77. The van der Waals surface area contributed by atoms with Gasteiger partial charge in [0.15, 0.2) is 0 Å². The van der Waals surface area contributed by atoms with Crippen LogP contribution in [-0.4, -0.2) is 4.57 Å². The lowest BCUT2D eigenvalue weighted by Gasteiger charge is -2.16. The Bertz CT molecular complexity index is 3180. The van der Waals surface area contributed by atoms with E-state index in [-0.39, 0.29) is 0 Å². The van der Waals surface area contributed by atoms with Gasteiger partial charge in [0.05, 0.1) is 11.0 Å². The monoisotopic (exact) mass is 645 g/mol. The van der Waals surface area contributed by atoms with E-state index >= 15 is 0 Å². The Morgan fingerprint density at radius 3 is 1.47 bits per heavy atom. The van der Waals surface area contributed by atoms with E-state index in [0.717, 1.165) is 5.69 Å². The summed E-state index contributed by atoms with van der Waals surface area (Å²) in [5.74, 6) is 0. The minimum Gasteiger partial charge on any atom is -0.309 e. The second-order valence-electron chi connectivity index (χ2n) is 13.6. The van der Waals surface area contributed by atoms with Gasteiger partial charge in [0, 0.05) is 16.5 Å². The summed E-state index contributed by atoms with van der Waals surface area (Å²) in [6, 6.07) is 69.3. The summed E-state index contributed by atoms with van der Waals surface area (Å²) in [7, 11) is 0. The highest BCUT2D eigenvalue weighted by atomic mass is 15.0. The second kappa shape index (κ2) is 10.9. The molecule has 11 rings (SSSR count). The van der Waals surface area contributed by atoms with Gasteiger partial charge in [0.25, 0.3) is 0 Å². The molecule has 1 heterocycles. The molecule has 1 heteroatoms. The van der Waals surface area contributed by atoms with E-state index in [2.05, 4.69) is 193 Å². The Kier molecular flexibility index (Phi) is 6.02. The highest BCUT2D eigenvalue weighted by molar-refractivity contribution is 6.31. The van der Waals surface area contributed by atoms with Crippen LogP contribution in [0.25, 0.3) is 104 Å². The summed E-state index contributed by atoms with van der Waals surface area (Å²) < 4.78 is 2.46. The van der Waals surface area contributed by atoms with Gasteiger partial charge in [-0.3, -0.25) is 0 Å². The van der Waals surface area contributed by atoms with Crippen molar-refractivity contribution in [1.82, 2.24) is 4.57 Å². The zero-order valence-corrected chi connectivity index (χ0v) is 27.8. The van der Waals surface area contributed by atoms with E-state index in [0.29, 0.717) is 0 Å². The maximum absolute atomic E-state index is 2.46. The molecule has 1 aromatic heterocycles. The van der Waals surface area contributed by atoms with Gasteiger partial charge in [-0.05, 0) is 106 Å². The van der Waals surface area contributed by atoms with Gasteiger partial charge < -0.3 is 4.57 Å². The van der Waals surface area contributed by atoms with Crippen LogP contribution in [0.1, 0.15) is 0 Å². The van der Waals surface area contributed by atoms with Gasteiger partial charge in [0.1, 0.15) is 0 Å². The first-order valence-electron chi connectivity index (χ1n) is 17.7. The van der Waals surface area contributed by atoms with Crippen LogP contribution in [0.15, 0.2) is 188 Å². The largest absolute Gasteiger partial charge is 0.309 e. The Labute approximate surface area is 295 Å². The highest BCUT2D eigenvalue weighted by Gasteiger charge is 2.21. The molecule has 0 N–H and O–H groups in total. The molecule has 0 aliphatic rings. The SMILES string of the molecule is c1ccc(-n2c3ccc4ccccc4c3c3c4ccccc4c(-c4cccc5c(-c6cc7ccccc7c7ccccc67)cccc45)cc32)cc1. The molecule has 0 aliphatic heterocycles. The Morgan fingerprint density at radius 1 is 0.255 bits per heavy atom. The average Bonchev–Trinajstić information content (AvgIpc) is 3.55. The first-order valence-corrected chi connectivity index (χ1v) is 17.7. The van der Waals surface area contributed by atoms with Crippen molar-refractivity contribution in [3.63, 3.8) is 0 Å². The molecule has 0 fully saturated rings. The quantitative estimate of drug-likeness (QED) is 0.169. The maximum atomic E-state index is 2.46. The predicted molar refractivity (Wildman–Crippen MR) is 219 cm³/mol. The van der Waals surface area contributed by atoms with Crippen LogP contribution in [0, 0.1) is 0 Å². The molecule has 11 aromatic rings. The van der Waals surface area contributed by atoms with Gasteiger partial charge >= 0.3 is 0 Å². The molecule has 1 nitrogen and oxygen atoms in total. The summed E-state index contributed by atoms with van der Waals surface area (Å²) in [5.41, 5.74) is 8.61. The summed E-state index contributed by atoms with van der Waals surface area (Å²) in [6.07, 6.45) is 0. The first kappa shape index (κ1) is 28.2. The molecule has 0 spiro atoms. The number of para-hydroxylation sites is 1. The van der Waals surface area contributed by atoms with E-state index < -0.39 is 0 Å². The fraction of sp³-hybridized carbons (Fsp3) is 0. The molecule has 0 bridgehead atoms. The van der Waals surface area contributed by atoms with Crippen LogP contribution in [0.4, 0.5) is 0 Å². The molecule has 236 valence electrons. The Morgan fingerprint density at radius 2 is 0.745 bits per heavy atom. The predicted octanol–water partition coefficient (Wildman–Crippen LogP) is 13.9. The smallest absolute Gasteiger partial charge is 0.0553 e. The molecule has 0 unspecified atom stereocenters. The van der Waals surface area contributed by atoms with Crippen molar-refractivity contribution in [2.45, 2.75) is 0 Å². The number of hydrogen-bond acceptors (Lipinski definition) is 0.